The Labute approximate surface area is 140 Å². The third kappa shape index (κ3) is 4.19. The number of hydrogen-bond donors (Lipinski definition) is 0. The van der Waals surface area contributed by atoms with Gasteiger partial charge in [0.05, 0.1) is 6.54 Å². The fourth-order valence-electron chi connectivity index (χ4n) is 2.54. The molecule has 1 saturated heterocycles. The van der Waals surface area contributed by atoms with Crippen molar-refractivity contribution in [3.63, 3.8) is 0 Å². The summed E-state index contributed by atoms with van der Waals surface area (Å²) in [5.41, 5.74) is 1.62. The third-order valence-corrected chi connectivity index (χ3v) is 4.70. The highest BCUT2D eigenvalue weighted by Crippen LogP contribution is 2.18. The standard InChI is InChI=1S/C18H19N3OS/c1-15(22)17-6-2-4-16(14-17)5-3-8-20-9-11-21(12-10-20)18-19-7-13-23-18/h2,4,6-7,13-14H,8-12H2,1H3. The van der Waals surface area contributed by atoms with Crippen molar-refractivity contribution < 1.29 is 4.79 Å². The lowest BCUT2D eigenvalue weighted by molar-refractivity contribution is 0.101. The van der Waals surface area contributed by atoms with E-state index < -0.39 is 0 Å². The van der Waals surface area contributed by atoms with E-state index in [2.05, 4.69) is 26.6 Å². The van der Waals surface area contributed by atoms with Crippen LogP contribution in [0.15, 0.2) is 35.8 Å². The van der Waals surface area contributed by atoms with Crippen molar-refractivity contribution in [2.24, 2.45) is 0 Å². The van der Waals surface area contributed by atoms with Gasteiger partial charge in [-0.1, -0.05) is 24.0 Å². The fourth-order valence-corrected chi connectivity index (χ4v) is 3.24. The van der Waals surface area contributed by atoms with Gasteiger partial charge in [-0.15, -0.1) is 11.3 Å². The van der Waals surface area contributed by atoms with Gasteiger partial charge in [0.25, 0.3) is 0 Å². The number of hydrogen-bond acceptors (Lipinski definition) is 5. The number of carbonyl (C=O) groups is 1. The van der Waals surface area contributed by atoms with Gasteiger partial charge in [-0.3, -0.25) is 9.69 Å². The normalized spacial score (nSPS) is 15.1. The molecule has 0 saturated carbocycles. The Balaban J connectivity index is 1.52. The number of piperazine rings is 1. The van der Waals surface area contributed by atoms with Crippen LogP contribution < -0.4 is 4.90 Å². The molecule has 2 aromatic rings. The maximum absolute atomic E-state index is 11.4. The van der Waals surface area contributed by atoms with Crippen LogP contribution in [-0.2, 0) is 0 Å². The van der Waals surface area contributed by atoms with Gasteiger partial charge in [-0.05, 0) is 19.1 Å². The van der Waals surface area contributed by atoms with Crippen LogP contribution in [0.1, 0.15) is 22.8 Å². The summed E-state index contributed by atoms with van der Waals surface area (Å²) >= 11 is 1.69. The minimum Gasteiger partial charge on any atom is -0.346 e. The minimum absolute atomic E-state index is 0.0759. The topological polar surface area (TPSA) is 36.4 Å². The maximum atomic E-state index is 11.4. The number of thiazole rings is 1. The predicted octanol–water partition coefficient (Wildman–Crippen LogP) is 2.52. The molecule has 0 radical (unpaired) electrons. The van der Waals surface area contributed by atoms with Gasteiger partial charge in [-0.2, -0.15) is 0 Å². The SMILES string of the molecule is CC(=O)c1cccc(C#CCN2CCN(c3nccs3)CC2)c1. The van der Waals surface area contributed by atoms with E-state index >= 15 is 0 Å². The molecule has 4 nitrogen and oxygen atoms in total. The molecule has 0 unspecified atom stereocenters. The van der Waals surface area contributed by atoms with Crippen LogP contribution in [0.2, 0.25) is 0 Å². The van der Waals surface area contributed by atoms with E-state index in [9.17, 15) is 4.79 Å². The Morgan fingerprint density at radius 3 is 2.83 bits per heavy atom. The lowest BCUT2D eigenvalue weighted by Gasteiger charge is -2.33. The summed E-state index contributed by atoms with van der Waals surface area (Å²) in [4.78, 5) is 20.4. The first kappa shape index (κ1) is 15.7. The molecule has 1 aromatic carbocycles. The molecule has 0 aliphatic carbocycles. The summed E-state index contributed by atoms with van der Waals surface area (Å²) in [7, 11) is 0. The zero-order valence-corrected chi connectivity index (χ0v) is 14.0. The van der Waals surface area contributed by atoms with E-state index in [4.69, 9.17) is 0 Å². The van der Waals surface area contributed by atoms with Gasteiger partial charge in [0.1, 0.15) is 0 Å². The molecule has 0 N–H and O–H groups in total. The van der Waals surface area contributed by atoms with Crippen molar-refractivity contribution in [3.05, 3.63) is 47.0 Å². The van der Waals surface area contributed by atoms with Crippen molar-refractivity contribution in [1.82, 2.24) is 9.88 Å². The van der Waals surface area contributed by atoms with Crippen molar-refractivity contribution >= 4 is 22.3 Å². The summed E-state index contributed by atoms with van der Waals surface area (Å²) in [5.74, 6) is 6.45. The van der Waals surface area contributed by atoms with Crippen molar-refractivity contribution in [2.45, 2.75) is 6.92 Å². The van der Waals surface area contributed by atoms with Crippen LogP contribution in [0, 0.1) is 11.8 Å². The Morgan fingerprint density at radius 2 is 2.13 bits per heavy atom. The molecular weight excluding hydrogens is 306 g/mol. The van der Waals surface area contributed by atoms with Gasteiger partial charge in [0.15, 0.2) is 10.9 Å². The second-order valence-corrected chi connectivity index (χ2v) is 6.39. The molecule has 1 aliphatic rings. The molecule has 5 heteroatoms. The third-order valence-electron chi connectivity index (χ3n) is 3.87. The number of carbonyl (C=O) groups excluding carboxylic acids is 1. The number of Topliss-reactive ketones (excluding diaryl/α,β-unsaturated/α-hetero) is 1. The van der Waals surface area contributed by atoms with E-state index in [-0.39, 0.29) is 5.78 Å². The number of anilines is 1. The molecule has 1 aliphatic heterocycles. The van der Waals surface area contributed by atoms with Crippen LogP contribution >= 0.6 is 11.3 Å². The Kier molecular flexibility index (Phi) is 5.06. The summed E-state index contributed by atoms with van der Waals surface area (Å²) in [6, 6.07) is 7.51. The van der Waals surface area contributed by atoms with Crippen LogP contribution in [0.25, 0.3) is 0 Å². The first-order chi connectivity index (χ1) is 11.2. The van der Waals surface area contributed by atoms with Gasteiger partial charge in [0, 0.05) is 48.9 Å². The number of aromatic nitrogens is 1. The highest BCUT2D eigenvalue weighted by atomic mass is 32.1. The van der Waals surface area contributed by atoms with Crippen molar-refractivity contribution in [3.8, 4) is 11.8 Å². The maximum Gasteiger partial charge on any atom is 0.185 e. The molecule has 3 rings (SSSR count). The summed E-state index contributed by atoms with van der Waals surface area (Å²) in [6.45, 7) is 6.33. The summed E-state index contributed by atoms with van der Waals surface area (Å²) in [5, 5.41) is 3.12. The first-order valence-electron chi connectivity index (χ1n) is 7.69. The molecule has 0 atom stereocenters. The lowest BCUT2D eigenvalue weighted by Crippen LogP contribution is -2.46. The molecule has 0 spiro atoms. The minimum atomic E-state index is 0.0759. The largest absolute Gasteiger partial charge is 0.346 e. The lowest BCUT2D eigenvalue weighted by atomic mass is 10.1. The van der Waals surface area contributed by atoms with E-state index in [0.29, 0.717) is 5.56 Å². The molecule has 1 fully saturated rings. The van der Waals surface area contributed by atoms with Gasteiger partial charge in [-0.25, -0.2) is 4.98 Å². The van der Waals surface area contributed by atoms with Crippen LogP contribution in [0.5, 0.6) is 0 Å². The number of ketones is 1. The number of benzene rings is 1. The molecule has 0 amide bonds. The summed E-state index contributed by atoms with van der Waals surface area (Å²) < 4.78 is 0. The molecule has 2 heterocycles. The Hall–Kier alpha value is -2.16. The van der Waals surface area contributed by atoms with Crippen molar-refractivity contribution in [2.75, 3.05) is 37.6 Å². The van der Waals surface area contributed by atoms with Crippen molar-refractivity contribution in [1.29, 1.82) is 0 Å². The van der Waals surface area contributed by atoms with Crippen LogP contribution in [0.3, 0.4) is 0 Å². The molecular formula is C18H19N3OS. The quantitative estimate of drug-likeness (QED) is 0.642. The van der Waals surface area contributed by atoms with Gasteiger partial charge >= 0.3 is 0 Å². The second-order valence-electron chi connectivity index (χ2n) is 5.52. The second kappa shape index (κ2) is 7.40. The van der Waals surface area contributed by atoms with Crippen LogP contribution in [-0.4, -0.2) is 48.4 Å². The highest BCUT2D eigenvalue weighted by Gasteiger charge is 2.17. The smallest absolute Gasteiger partial charge is 0.185 e. The monoisotopic (exact) mass is 325 g/mol. The Bertz CT molecular complexity index is 722. The summed E-state index contributed by atoms with van der Waals surface area (Å²) in [6.07, 6.45) is 1.85. The number of rotatable bonds is 3. The fraction of sp³-hybridized carbons (Fsp3) is 0.333. The van der Waals surface area contributed by atoms with E-state index in [0.717, 1.165) is 43.4 Å². The molecule has 118 valence electrons. The predicted molar refractivity (Wildman–Crippen MR) is 94.1 cm³/mol. The van der Waals surface area contributed by atoms with E-state index in [1.54, 1.807) is 18.3 Å². The molecule has 0 bridgehead atoms. The first-order valence-corrected chi connectivity index (χ1v) is 8.57. The van der Waals surface area contributed by atoms with E-state index in [1.165, 1.54) is 0 Å². The Morgan fingerprint density at radius 1 is 1.30 bits per heavy atom. The highest BCUT2D eigenvalue weighted by molar-refractivity contribution is 7.13. The van der Waals surface area contributed by atoms with Gasteiger partial charge in [0.2, 0.25) is 0 Å². The van der Waals surface area contributed by atoms with Gasteiger partial charge < -0.3 is 4.90 Å². The molecule has 1 aromatic heterocycles. The zero-order chi connectivity index (χ0) is 16.1. The number of nitrogens with zero attached hydrogens (tertiary/aromatic N) is 3. The zero-order valence-electron chi connectivity index (χ0n) is 13.2. The average Bonchev–Trinajstić information content (AvgIpc) is 3.10. The van der Waals surface area contributed by atoms with E-state index in [1.807, 2.05) is 35.8 Å². The average molecular weight is 325 g/mol. The van der Waals surface area contributed by atoms with Crippen LogP contribution in [0.4, 0.5) is 5.13 Å². The molecule has 23 heavy (non-hydrogen) atoms.